The first-order valence-electron chi connectivity index (χ1n) is 6.35. The van der Waals surface area contributed by atoms with Gasteiger partial charge in [-0.05, 0) is 24.6 Å². The molecule has 1 heterocycles. The topological polar surface area (TPSA) is 92.1 Å². The van der Waals surface area contributed by atoms with Crippen molar-refractivity contribution in [1.29, 1.82) is 0 Å². The first-order valence-corrected chi connectivity index (χ1v) is 7.14. The molecule has 0 unspecified atom stereocenters. The molecule has 0 saturated carbocycles. The van der Waals surface area contributed by atoms with Crippen LogP contribution >= 0.6 is 15.9 Å². The van der Waals surface area contributed by atoms with Gasteiger partial charge in [0.1, 0.15) is 6.54 Å². The van der Waals surface area contributed by atoms with Crippen molar-refractivity contribution in [2.45, 2.75) is 19.9 Å². The Hall–Kier alpha value is -2.09. The van der Waals surface area contributed by atoms with E-state index in [0.29, 0.717) is 12.2 Å². The van der Waals surface area contributed by atoms with Gasteiger partial charge < -0.3 is 10.6 Å². The molecule has 21 heavy (non-hydrogen) atoms. The maximum atomic E-state index is 11.9. The molecule has 1 aromatic carbocycles. The van der Waals surface area contributed by atoms with Crippen molar-refractivity contribution in [2.75, 3.05) is 12.4 Å². The van der Waals surface area contributed by atoms with Crippen molar-refractivity contribution in [3.63, 3.8) is 0 Å². The highest BCUT2D eigenvalue weighted by Gasteiger charge is 2.14. The van der Waals surface area contributed by atoms with E-state index in [1.54, 1.807) is 6.92 Å². The zero-order chi connectivity index (χ0) is 15.4. The molecule has 0 amide bonds. The third-order valence-electron chi connectivity index (χ3n) is 2.78. The molecule has 0 atom stereocenters. The average molecular weight is 355 g/mol. The van der Waals surface area contributed by atoms with Crippen molar-refractivity contribution in [2.24, 2.45) is 0 Å². The maximum absolute atomic E-state index is 11.9. The van der Waals surface area contributed by atoms with E-state index in [2.05, 4.69) is 21.0 Å². The lowest BCUT2D eigenvalue weighted by atomic mass is 10.1. The second kappa shape index (κ2) is 6.57. The maximum Gasteiger partial charge on any atom is 0.365 e. The van der Waals surface area contributed by atoms with Gasteiger partial charge in [-0.15, -0.1) is 0 Å². The van der Waals surface area contributed by atoms with Gasteiger partial charge in [0.25, 0.3) is 0 Å². The number of nitrogens with zero attached hydrogens (tertiary/aromatic N) is 3. The fourth-order valence-corrected chi connectivity index (χ4v) is 2.29. The van der Waals surface area contributed by atoms with Crippen LogP contribution in [0.25, 0.3) is 0 Å². The van der Waals surface area contributed by atoms with Crippen molar-refractivity contribution < 1.29 is 9.53 Å². The molecule has 8 heteroatoms. The van der Waals surface area contributed by atoms with Gasteiger partial charge in [-0.2, -0.15) is 9.77 Å². The van der Waals surface area contributed by atoms with E-state index in [1.807, 2.05) is 24.3 Å². The molecule has 0 saturated heterocycles. The minimum atomic E-state index is -0.548. The highest BCUT2D eigenvalue weighted by atomic mass is 79.9. The van der Waals surface area contributed by atoms with E-state index in [1.165, 1.54) is 0 Å². The van der Waals surface area contributed by atoms with Gasteiger partial charge in [0.05, 0.1) is 6.61 Å². The Labute approximate surface area is 129 Å². The van der Waals surface area contributed by atoms with Crippen LogP contribution in [0.5, 0.6) is 0 Å². The second-order valence-corrected chi connectivity index (χ2v) is 5.25. The molecule has 2 N–H and O–H groups in total. The zero-order valence-corrected chi connectivity index (χ0v) is 13.0. The number of hydrogen-bond donors (Lipinski definition) is 1. The Balaban J connectivity index is 2.22. The lowest BCUT2D eigenvalue weighted by Gasteiger charge is -2.01. The van der Waals surface area contributed by atoms with Crippen LogP contribution in [0.15, 0.2) is 33.5 Å². The Morgan fingerprint density at radius 3 is 2.90 bits per heavy atom. The summed E-state index contributed by atoms with van der Waals surface area (Å²) in [4.78, 5) is 23.3. The summed E-state index contributed by atoms with van der Waals surface area (Å²) in [6.07, 6.45) is 0.390. The lowest BCUT2D eigenvalue weighted by Crippen LogP contribution is -2.32. The summed E-state index contributed by atoms with van der Waals surface area (Å²) < 4.78 is 7.67. The lowest BCUT2D eigenvalue weighted by molar-refractivity contribution is -0.144. The highest BCUT2D eigenvalue weighted by Crippen LogP contribution is 2.13. The molecule has 0 radical (unpaired) electrons. The molecule has 0 bridgehead atoms. The Kier molecular flexibility index (Phi) is 4.79. The van der Waals surface area contributed by atoms with Crippen LogP contribution in [0.2, 0.25) is 0 Å². The normalized spacial score (nSPS) is 10.6. The second-order valence-electron chi connectivity index (χ2n) is 4.34. The number of benzene rings is 1. The molecule has 0 aliphatic heterocycles. The standard InChI is InChI=1S/C13H15BrN4O3/c1-2-21-12(19)8-17-13(20)18(15)11(16-17)7-9-4-3-5-10(14)6-9/h3-6H,2,7-8,15H2,1H3. The first kappa shape index (κ1) is 15.3. The minimum Gasteiger partial charge on any atom is -0.465 e. The number of carbonyl (C=O) groups is 1. The number of rotatable bonds is 5. The van der Waals surface area contributed by atoms with Crippen LogP contribution in [0.3, 0.4) is 0 Å². The number of carbonyl (C=O) groups excluding carboxylic acids is 1. The van der Waals surface area contributed by atoms with Crippen molar-refractivity contribution in [1.82, 2.24) is 14.5 Å². The van der Waals surface area contributed by atoms with E-state index >= 15 is 0 Å². The minimum absolute atomic E-state index is 0.248. The molecule has 7 nitrogen and oxygen atoms in total. The fourth-order valence-electron chi connectivity index (χ4n) is 1.85. The quantitative estimate of drug-likeness (QED) is 0.629. The third-order valence-corrected chi connectivity index (χ3v) is 3.27. The molecule has 0 spiro atoms. The third kappa shape index (κ3) is 3.72. The molecular weight excluding hydrogens is 340 g/mol. The number of ether oxygens (including phenoxy) is 1. The van der Waals surface area contributed by atoms with Gasteiger partial charge in [0, 0.05) is 10.9 Å². The summed E-state index contributed by atoms with van der Waals surface area (Å²) in [6, 6.07) is 7.60. The Morgan fingerprint density at radius 2 is 2.24 bits per heavy atom. The predicted octanol–water partition coefficient (Wildman–Crippen LogP) is 0.675. The summed E-state index contributed by atoms with van der Waals surface area (Å²) in [6.45, 7) is 1.70. The van der Waals surface area contributed by atoms with Crippen LogP contribution < -0.4 is 11.5 Å². The summed E-state index contributed by atoms with van der Waals surface area (Å²) in [7, 11) is 0. The molecule has 0 aliphatic carbocycles. The van der Waals surface area contributed by atoms with Gasteiger partial charge in [-0.25, -0.2) is 9.48 Å². The molecule has 1 aromatic heterocycles. The van der Waals surface area contributed by atoms with Gasteiger partial charge in [0.2, 0.25) is 0 Å². The number of nitrogens with two attached hydrogens (primary N) is 1. The van der Waals surface area contributed by atoms with Crippen LogP contribution in [0.4, 0.5) is 0 Å². The van der Waals surface area contributed by atoms with Crippen LogP contribution in [-0.4, -0.2) is 27.0 Å². The molecule has 112 valence electrons. The predicted molar refractivity (Wildman–Crippen MR) is 80.2 cm³/mol. The number of hydrogen-bond acceptors (Lipinski definition) is 5. The van der Waals surface area contributed by atoms with Gasteiger partial charge in [-0.3, -0.25) is 4.79 Å². The fraction of sp³-hybridized carbons (Fsp3) is 0.308. The summed E-state index contributed by atoms with van der Waals surface area (Å²) in [5, 5.41) is 4.08. The summed E-state index contributed by atoms with van der Waals surface area (Å²) >= 11 is 3.38. The van der Waals surface area contributed by atoms with Crippen molar-refractivity contribution in [3.8, 4) is 0 Å². The molecule has 0 fully saturated rings. The van der Waals surface area contributed by atoms with Gasteiger partial charge >= 0.3 is 11.7 Å². The molecule has 0 aliphatic rings. The average Bonchev–Trinajstić information content (AvgIpc) is 2.67. The van der Waals surface area contributed by atoms with E-state index in [-0.39, 0.29) is 13.2 Å². The van der Waals surface area contributed by atoms with E-state index in [0.717, 1.165) is 19.4 Å². The Morgan fingerprint density at radius 1 is 1.48 bits per heavy atom. The van der Waals surface area contributed by atoms with Gasteiger partial charge in [-0.1, -0.05) is 28.1 Å². The number of esters is 1. The van der Waals surface area contributed by atoms with E-state index < -0.39 is 11.7 Å². The SMILES string of the molecule is CCOC(=O)Cn1nc(Cc2cccc(Br)c2)n(N)c1=O. The van der Waals surface area contributed by atoms with Crippen molar-refractivity contribution >= 4 is 21.9 Å². The first-order chi connectivity index (χ1) is 10.0. The van der Waals surface area contributed by atoms with E-state index in [4.69, 9.17) is 10.6 Å². The van der Waals surface area contributed by atoms with Gasteiger partial charge in [0.15, 0.2) is 5.82 Å². The molecule has 2 aromatic rings. The monoisotopic (exact) mass is 354 g/mol. The summed E-state index contributed by atoms with van der Waals surface area (Å²) in [5.74, 6) is 5.55. The van der Waals surface area contributed by atoms with Crippen LogP contribution in [0.1, 0.15) is 18.3 Å². The zero-order valence-electron chi connectivity index (χ0n) is 11.5. The van der Waals surface area contributed by atoms with Crippen LogP contribution in [-0.2, 0) is 22.5 Å². The number of halogens is 1. The highest BCUT2D eigenvalue weighted by molar-refractivity contribution is 9.10. The Bertz CT molecular complexity index is 708. The molecule has 2 rings (SSSR count). The number of aromatic nitrogens is 3. The van der Waals surface area contributed by atoms with Crippen LogP contribution in [0, 0.1) is 0 Å². The largest absolute Gasteiger partial charge is 0.465 e. The number of nitrogen functional groups attached to an aromatic ring is 1. The van der Waals surface area contributed by atoms with E-state index in [9.17, 15) is 9.59 Å². The molecular formula is C13H15BrN4O3. The van der Waals surface area contributed by atoms with Crippen molar-refractivity contribution in [3.05, 3.63) is 50.6 Å². The summed E-state index contributed by atoms with van der Waals surface area (Å²) in [5.41, 5.74) is 0.400. The smallest absolute Gasteiger partial charge is 0.365 e.